The second-order valence-electron chi connectivity index (χ2n) is 5.29. The standard InChI is InChI=1S/C13H21N7/c1-2-5-20-6-3-9(4-7-20)17-12-10-11(16-8-15-10)18-13(14)19-12/h8-9H,2-7H2,1H3,(H4,14,15,16,17,18,19). The molecule has 3 heterocycles. The van der Waals surface area contributed by atoms with Crippen molar-refractivity contribution in [2.75, 3.05) is 30.7 Å². The van der Waals surface area contributed by atoms with E-state index in [1.54, 1.807) is 6.33 Å². The Bertz CT molecular complexity index is 571. The van der Waals surface area contributed by atoms with Crippen LogP contribution in [0.1, 0.15) is 26.2 Å². The first-order chi connectivity index (χ1) is 9.76. The van der Waals surface area contributed by atoms with Gasteiger partial charge in [-0.2, -0.15) is 9.97 Å². The first-order valence-corrected chi connectivity index (χ1v) is 7.21. The first-order valence-electron chi connectivity index (χ1n) is 7.21. The van der Waals surface area contributed by atoms with E-state index in [9.17, 15) is 0 Å². The van der Waals surface area contributed by atoms with E-state index in [4.69, 9.17) is 5.73 Å². The summed E-state index contributed by atoms with van der Waals surface area (Å²) >= 11 is 0. The van der Waals surface area contributed by atoms with Gasteiger partial charge in [0.05, 0.1) is 6.33 Å². The lowest BCUT2D eigenvalue weighted by Gasteiger charge is -2.32. The highest BCUT2D eigenvalue weighted by molar-refractivity contribution is 5.83. The van der Waals surface area contributed by atoms with Gasteiger partial charge in [0.2, 0.25) is 5.95 Å². The quantitative estimate of drug-likeness (QED) is 0.776. The molecule has 1 aliphatic heterocycles. The summed E-state index contributed by atoms with van der Waals surface area (Å²) < 4.78 is 0. The summed E-state index contributed by atoms with van der Waals surface area (Å²) in [5.74, 6) is 1.02. The fraction of sp³-hybridized carbons (Fsp3) is 0.615. The molecule has 2 aromatic rings. The van der Waals surface area contributed by atoms with E-state index in [1.807, 2.05) is 0 Å². The molecule has 108 valence electrons. The number of fused-ring (bicyclic) bond motifs is 1. The number of hydrogen-bond acceptors (Lipinski definition) is 6. The van der Waals surface area contributed by atoms with Crippen LogP contribution >= 0.6 is 0 Å². The van der Waals surface area contributed by atoms with Crippen molar-refractivity contribution in [1.29, 1.82) is 0 Å². The predicted molar refractivity (Wildman–Crippen MR) is 79.5 cm³/mol. The van der Waals surface area contributed by atoms with Crippen molar-refractivity contribution < 1.29 is 0 Å². The van der Waals surface area contributed by atoms with E-state index >= 15 is 0 Å². The average Bonchev–Trinajstić information content (AvgIpc) is 2.89. The van der Waals surface area contributed by atoms with E-state index in [0.717, 1.165) is 37.3 Å². The number of imidazole rings is 1. The predicted octanol–water partition coefficient (Wildman–Crippen LogP) is 1.22. The van der Waals surface area contributed by atoms with Gasteiger partial charge in [-0.1, -0.05) is 6.92 Å². The zero-order valence-electron chi connectivity index (χ0n) is 11.8. The van der Waals surface area contributed by atoms with Gasteiger partial charge in [0, 0.05) is 19.1 Å². The number of nitrogen functional groups attached to an aromatic ring is 1. The highest BCUT2D eigenvalue weighted by atomic mass is 15.2. The second-order valence-corrected chi connectivity index (χ2v) is 5.29. The Morgan fingerprint density at radius 3 is 2.95 bits per heavy atom. The Morgan fingerprint density at radius 1 is 1.40 bits per heavy atom. The third-order valence-corrected chi connectivity index (χ3v) is 3.77. The number of hydrogen-bond donors (Lipinski definition) is 3. The van der Waals surface area contributed by atoms with Crippen molar-refractivity contribution in [2.45, 2.75) is 32.2 Å². The molecule has 1 aliphatic rings. The molecule has 0 atom stereocenters. The molecule has 0 spiro atoms. The number of piperidine rings is 1. The maximum atomic E-state index is 5.73. The molecule has 7 nitrogen and oxygen atoms in total. The summed E-state index contributed by atoms with van der Waals surface area (Å²) in [6.45, 7) is 5.69. The van der Waals surface area contributed by atoms with Crippen LogP contribution in [0.2, 0.25) is 0 Å². The Morgan fingerprint density at radius 2 is 2.20 bits per heavy atom. The summed E-state index contributed by atoms with van der Waals surface area (Å²) in [4.78, 5) is 18.1. The Hall–Kier alpha value is -1.89. The number of aromatic amines is 1. The number of rotatable bonds is 4. The van der Waals surface area contributed by atoms with Crippen LogP contribution in [0.15, 0.2) is 6.33 Å². The van der Waals surface area contributed by atoms with Crippen molar-refractivity contribution >= 4 is 22.9 Å². The third-order valence-electron chi connectivity index (χ3n) is 3.77. The number of nitrogens with two attached hydrogens (primary N) is 1. The van der Waals surface area contributed by atoms with Crippen molar-refractivity contribution in [2.24, 2.45) is 0 Å². The van der Waals surface area contributed by atoms with Crippen LogP contribution < -0.4 is 11.1 Å². The maximum absolute atomic E-state index is 5.73. The molecule has 1 saturated heterocycles. The molecule has 0 unspecified atom stereocenters. The van der Waals surface area contributed by atoms with Crippen molar-refractivity contribution in [3.63, 3.8) is 0 Å². The minimum atomic E-state index is 0.260. The van der Waals surface area contributed by atoms with Gasteiger partial charge in [0.1, 0.15) is 5.52 Å². The number of nitrogens with one attached hydrogen (secondary N) is 2. The molecule has 1 fully saturated rings. The highest BCUT2D eigenvalue weighted by Crippen LogP contribution is 2.21. The Balaban J connectivity index is 1.69. The number of anilines is 2. The second kappa shape index (κ2) is 5.62. The molecule has 0 saturated carbocycles. The van der Waals surface area contributed by atoms with Crippen LogP contribution in [0.4, 0.5) is 11.8 Å². The van der Waals surface area contributed by atoms with E-state index in [2.05, 4.69) is 37.1 Å². The Kier molecular flexibility index (Phi) is 3.68. The number of likely N-dealkylation sites (tertiary alicyclic amines) is 1. The summed E-state index contributed by atoms with van der Waals surface area (Å²) in [5.41, 5.74) is 7.17. The molecule has 2 aromatic heterocycles. The zero-order valence-corrected chi connectivity index (χ0v) is 11.8. The maximum Gasteiger partial charge on any atom is 0.224 e. The molecule has 0 radical (unpaired) electrons. The normalized spacial score (nSPS) is 17.6. The van der Waals surface area contributed by atoms with Crippen LogP contribution in [0.3, 0.4) is 0 Å². The molecule has 0 aliphatic carbocycles. The SMILES string of the molecule is CCCN1CCC(Nc2nc(N)nc3nc[nH]c23)CC1. The molecular weight excluding hydrogens is 254 g/mol. The van der Waals surface area contributed by atoms with Gasteiger partial charge in [-0.05, 0) is 25.8 Å². The van der Waals surface area contributed by atoms with E-state index < -0.39 is 0 Å². The minimum absolute atomic E-state index is 0.260. The fourth-order valence-corrected chi connectivity index (χ4v) is 2.76. The zero-order chi connectivity index (χ0) is 13.9. The van der Waals surface area contributed by atoms with Crippen LogP contribution in [0.5, 0.6) is 0 Å². The van der Waals surface area contributed by atoms with Gasteiger partial charge >= 0.3 is 0 Å². The number of aromatic nitrogens is 4. The fourth-order valence-electron chi connectivity index (χ4n) is 2.76. The molecule has 4 N–H and O–H groups in total. The van der Waals surface area contributed by atoms with Crippen molar-refractivity contribution in [3.8, 4) is 0 Å². The van der Waals surface area contributed by atoms with Gasteiger partial charge in [-0.25, -0.2) is 4.98 Å². The average molecular weight is 275 g/mol. The highest BCUT2D eigenvalue weighted by Gasteiger charge is 2.20. The number of nitrogens with zero attached hydrogens (tertiary/aromatic N) is 4. The van der Waals surface area contributed by atoms with Crippen LogP contribution in [0, 0.1) is 0 Å². The topological polar surface area (TPSA) is 95.8 Å². The molecule has 0 aromatic carbocycles. The molecule has 7 heteroatoms. The van der Waals surface area contributed by atoms with E-state index in [1.165, 1.54) is 13.0 Å². The Labute approximate surface area is 118 Å². The molecule has 20 heavy (non-hydrogen) atoms. The monoisotopic (exact) mass is 275 g/mol. The van der Waals surface area contributed by atoms with E-state index in [-0.39, 0.29) is 5.95 Å². The minimum Gasteiger partial charge on any atom is -0.368 e. The molecule has 0 amide bonds. The summed E-state index contributed by atoms with van der Waals surface area (Å²) in [6.07, 6.45) is 5.09. The lowest BCUT2D eigenvalue weighted by atomic mass is 10.0. The number of H-pyrrole nitrogens is 1. The van der Waals surface area contributed by atoms with Crippen LogP contribution in [-0.4, -0.2) is 50.5 Å². The third kappa shape index (κ3) is 2.67. The van der Waals surface area contributed by atoms with Gasteiger partial charge in [0.25, 0.3) is 0 Å². The largest absolute Gasteiger partial charge is 0.368 e. The summed E-state index contributed by atoms with van der Waals surface area (Å²) in [6, 6.07) is 0.434. The summed E-state index contributed by atoms with van der Waals surface area (Å²) in [5, 5.41) is 3.48. The van der Waals surface area contributed by atoms with Crippen molar-refractivity contribution in [3.05, 3.63) is 6.33 Å². The van der Waals surface area contributed by atoms with Crippen molar-refractivity contribution in [1.82, 2.24) is 24.8 Å². The van der Waals surface area contributed by atoms with E-state index in [0.29, 0.717) is 11.7 Å². The van der Waals surface area contributed by atoms with Gasteiger partial charge in [0.15, 0.2) is 11.5 Å². The van der Waals surface area contributed by atoms with Gasteiger partial charge in [-0.15, -0.1) is 0 Å². The smallest absolute Gasteiger partial charge is 0.224 e. The van der Waals surface area contributed by atoms with Crippen LogP contribution in [0.25, 0.3) is 11.2 Å². The summed E-state index contributed by atoms with van der Waals surface area (Å²) in [7, 11) is 0. The van der Waals surface area contributed by atoms with Gasteiger partial charge < -0.3 is 20.9 Å². The molecule has 3 rings (SSSR count). The molecular formula is C13H21N7. The van der Waals surface area contributed by atoms with Gasteiger partial charge in [-0.3, -0.25) is 0 Å². The molecule has 0 bridgehead atoms. The lowest BCUT2D eigenvalue weighted by Crippen LogP contribution is -2.39. The lowest BCUT2D eigenvalue weighted by molar-refractivity contribution is 0.219. The van der Waals surface area contributed by atoms with Crippen LogP contribution in [-0.2, 0) is 0 Å². The first kappa shape index (κ1) is 13.1.